The quantitative estimate of drug-likeness (QED) is 0.659. The number of nitrogens with zero attached hydrogens (tertiary/aromatic N) is 4. The number of likely N-dealkylation sites (tertiary alicyclic amines) is 1. The van der Waals surface area contributed by atoms with Gasteiger partial charge in [-0.15, -0.1) is 0 Å². The summed E-state index contributed by atoms with van der Waals surface area (Å²) >= 11 is 5.86. The van der Waals surface area contributed by atoms with Crippen LogP contribution in [0.2, 0.25) is 5.02 Å². The summed E-state index contributed by atoms with van der Waals surface area (Å²) in [7, 11) is 0. The van der Waals surface area contributed by atoms with Gasteiger partial charge in [-0.25, -0.2) is 8.78 Å². The van der Waals surface area contributed by atoms with Crippen LogP contribution in [-0.2, 0) is 5.67 Å². The molecule has 0 bridgehead atoms. The summed E-state index contributed by atoms with van der Waals surface area (Å²) in [6, 6.07) is 7.13. The lowest BCUT2D eigenvalue weighted by Gasteiger charge is -2.35. The largest absolute Gasteiger partial charge is 0.335 e. The summed E-state index contributed by atoms with van der Waals surface area (Å²) in [5.41, 5.74) is -1.62. The van der Waals surface area contributed by atoms with E-state index in [1.165, 1.54) is 23.2 Å². The van der Waals surface area contributed by atoms with Crippen molar-refractivity contribution in [2.24, 2.45) is 0 Å². The van der Waals surface area contributed by atoms with Crippen LogP contribution in [0.3, 0.4) is 0 Å². The Morgan fingerprint density at radius 3 is 2.96 bits per heavy atom. The molecule has 1 aliphatic heterocycles. The van der Waals surface area contributed by atoms with Crippen LogP contribution in [0.5, 0.6) is 0 Å². The Hall–Kier alpha value is -2.87. The lowest BCUT2D eigenvalue weighted by molar-refractivity contribution is 0.0150. The van der Waals surface area contributed by atoms with Gasteiger partial charge in [0, 0.05) is 29.5 Å². The molecule has 3 heterocycles. The fourth-order valence-electron chi connectivity index (χ4n) is 3.21. The van der Waals surface area contributed by atoms with Crippen LogP contribution in [0.25, 0.3) is 11.4 Å². The van der Waals surface area contributed by atoms with Gasteiger partial charge >= 0.3 is 0 Å². The summed E-state index contributed by atoms with van der Waals surface area (Å²) < 4.78 is 34.8. The molecule has 0 saturated carbocycles. The summed E-state index contributed by atoms with van der Waals surface area (Å²) in [5.74, 6) is -1.34. The van der Waals surface area contributed by atoms with Gasteiger partial charge in [0.15, 0.2) is 0 Å². The van der Waals surface area contributed by atoms with E-state index in [1.54, 1.807) is 18.3 Å². The van der Waals surface area contributed by atoms with E-state index in [1.807, 2.05) is 0 Å². The zero-order valence-electron chi connectivity index (χ0n) is 14.6. The number of hydrogen-bond donors (Lipinski definition) is 0. The predicted molar refractivity (Wildman–Crippen MR) is 96.9 cm³/mol. The van der Waals surface area contributed by atoms with Gasteiger partial charge < -0.3 is 9.42 Å². The fourth-order valence-corrected chi connectivity index (χ4v) is 3.38. The maximum atomic E-state index is 15.6. The van der Waals surface area contributed by atoms with E-state index in [0.29, 0.717) is 18.5 Å². The lowest BCUT2D eigenvalue weighted by Crippen LogP contribution is -2.46. The third-order valence-electron chi connectivity index (χ3n) is 4.62. The molecule has 9 heteroatoms. The van der Waals surface area contributed by atoms with Crippen LogP contribution >= 0.6 is 11.6 Å². The number of alkyl halides is 1. The minimum atomic E-state index is -2.02. The summed E-state index contributed by atoms with van der Waals surface area (Å²) in [6.45, 7) is -0.0213. The van der Waals surface area contributed by atoms with E-state index in [2.05, 4.69) is 15.1 Å². The monoisotopic (exact) mass is 404 g/mol. The molecule has 1 fully saturated rings. The molecular formula is C19H15ClF2N4O2. The molecule has 1 saturated heterocycles. The number of carbonyl (C=O) groups excluding carboxylic acids is 1. The molecule has 3 aromatic rings. The Bertz CT molecular complexity index is 1010. The topological polar surface area (TPSA) is 72.1 Å². The van der Waals surface area contributed by atoms with Crippen LogP contribution < -0.4 is 0 Å². The van der Waals surface area contributed by atoms with Crippen molar-refractivity contribution in [1.29, 1.82) is 0 Å². The third kappa shape index (κ3) is 3.47. The van der Waals surface area contributed by atoms with Crippen molar-refractivity contribution in [3.05, 3.63) is 65.0 Å². The van der Waals surface area contributed by atoms with Gasteiger partial charge in [0.2, 0.25) is 11.5 Å². The smallest absolute Gasteiger partial charge is 0.266 e. The number of amides is 1. The van der Waals surface area contributed by atoms with E-state index in [0.717, 1.165) is 6.07 Å². The van der Waals surface area contributed by atoms with Crippen molar-refractivity contribution in [2.75, 3.05) is 13.1 Å². The highest BCUT2D eigenvalue weighted by atomic mass is 35.5. The standard InChI is InChI=1S/C19H15ClF2N4O2/c20-13-4-5-15(21)14(9-13)17(27)26-8-2-6-19(22,11-26)18-24-16(25-28-18)12-3-1-7-23-10-12/h1,3-5,7,9-10H,2,6,8,11H2. The van der Waals surface area contributed by atoms with Gasteiger partial charge in [-0.05, 0) is 43.2 Å². The van der Waals surface area contributed by atoms with Crippen LogP contribution in [0, 0.1) is 5.82 Å². The Labute approximate surface area is 164 Å². The van der Waals surface area contributed by atoms with Gasteiger partial charge in [-0.3, -0.25) is 9.78 Å². The highest BCUT2D eigenvalue weighted by Gasteiger charge is 2.44. The highest BCUT2D eigenvalue weighted by molar-refractivity contribution is 6.31. The summed E-state index contributed by atoms with van der Waals surface area (Å²) in [4.78, 5) is 22.1. The number of piperidine rings is 1. The van der Waals surface area contributed by atoms with Crippen LogP contribution in [-0.4, -0.2) is 39.0 Å². The molecule has 1 amide bonds. The maximum Gasteiger partial charge on any atom is 0.266 e. The number of aromatic nitrogens is 3. The Morgan fingerprint density at radius 1 is 1.32 bits per heavy atom. The van der Waals surface area contributed by atoms with E-state index in [-0.39, 0.29) is 35.3 Å². The van der Waals surface area contributed by atoms with E-state index in [9.17, 15) is 9.18 Å². The molecule has 0 N–H and O–H groups in total. The minimum absolute atomic E-state index is 0.115. The van der Waals surface area contributed by atoms with Crippen molar-refractivity contribution in [3.8, 4) is 11.4 Å². The number of pyridine rings is 1. The highest BCUT2D eigenvalue weighted by Crippen LogP contribution is 2.36. The van der Waals surface area contributed by atoms with E-state index in [4.69, 9.17) is 16.1 Å². The average molecular weight is 405 g/mol. The molecular weight excluding hydrogens is 390 g/mol. The molecule has 1 aromatic carbocycles. The van der Waals surface area contributed by atoms with Gasteiger partial charge in [0.1, 0.15) is 5.82 Å². The molecule has 1 atom stereocenters. The Kier molecular flexibility index (Phi) is 4.80. The number of carbonyl (C=O) groups is 1. The first-order valence-electron chi connectivity index (χ1n) is 8.64. The van der Waals surface area contributed by atoms with Crippen molar-refractivity contribution < 1.29 is 18.1 Å². The van der Waals surface area contributed by atoms with Gasteiger partial charge in [-0.1, -0.05) is 16.8 Å². The first-order valence-corrected chi connectivity index (χ1v) is 9.02. The van der Waals surface area contributed by atoms with Crippen molar-refractivity contribution in [3.63, 3.8) is 0 Å². The molecule has 0 aliphatic carbocycles. The molecule has 6 nitrogen and oxygen atoms in total. The van der Waals surface area contributed by atoms with Crippen LogP contribution in [0.1, 0.15) is 29.1 Å². The van der Waals surface area contributed by atoms with Crippen molar-refractivity contribution in [1.82, 2.24) is 20.0 Å². The molecule has 4 rings (SSSR count). The van der Waals surface area contributed by atoms with E-state index < -0.39 is 17.4 Å². The number of halogens is 3. The normalized spacial score (nSPS) is 19.6. The zero-order chi connectivity index (χ0) is 19.7. The minimum Gasteiger partial charge on any atom is -0.335 e. The van der Waals surface area contributed by atoms with Crippen LogP contribution in [0.15, 0.2) is 47.2 Å². The average Bonchev–Trinajstić information content (AvgIpc) is 3.21. The molecule has 28 heavy (non-hydrogen) atoms. The summed E-state index contributed by atoms with van der Waals surface area (Å²) in [6.07, 6.45) is 3.62. The lowest BCUT2D eigenvalue weighted by atomic mass is 9.94. The number of hydrogen-bond acceptors (Lipinski definition) is 5. The second-order valence-electron chi connectivity index (χ2n) is 6.58. The number of benzene rings is 1. The molecule has 0 radical (unpaired) electrons. The van der Waals surface area contributed by atoms with Gasteiger partial charge in [-0.2, -0.15) is 4.98 Å². The molecule has 1 unspecified atom stereocenters. The van der Waals surface area contributed by atoms with Gasteiger partial charge in [0.25, 0.3) is 11.8 Å². The molecule has 1 aliphatic rings. The molecule has 0 spiro atoms. The first kappa shape index (κ1) is 18.5. The molecule has 2 aromatic heterocycles. The van der Waals surface area contributed by atoms with Crippen LogP contribution in [0.4, 0.5) is 8.78 Å². The second-order valence-corrected chi connectivity index (χ2v) is 7.02. The predicted octanol–water partition coefficient (Wildman–Crippen LogP) is 4.03. The number of rotatable bonds is 3. The Balaban J connectivity index is 1.58. The first-order chi connectivity index (χ1) is 13.5. The Morgan fingerprint density at radius 2 is 2.18 bits per heavy atom. The second kappa shape index (κ2) is 7.27. The van der Waals surface area contributed by atoms with E-state index >= 15 is 4.39 Å². The third-order valence-corrected chi connectivity index (χ3v) is 4.85. The summed E-state index contributed by atoms with van der Waals surface area (Å²) in [5, 5.41) is 4.04. The molecule has 144 valence electrons. The SMILES string of the molecule is O=C(c1cc(Cl)ccc1F)N1CCCC(F)(c2nc(-c3cccnc3)no2)C1. The van der Waals surface area contributed by atoms with Crippen molar-refractivity contribution in [2.45, 2.75) is 18.5 Å². The zero-order valence-corrected chi connectivity index (χ0v) is 15.4. The van der Waals surface area contributed by atoms with Crippen molar-refractivity contribution >= 4 is 17.5 Å². The fraction of sp³-hybridized carbons (Fsp3) is 0.263. The van der Waals surface area contributed by atoms with Gasteiger partial charge in [0.05, 0.1) is 12.1 Å². The maximum absolute atomic E-state index is 15.6.